The van der Waals surface area contributed by atoms with Gasteiger partial charge in [-0.15, -0.1) is 0 Å². The molecule has 0 saturated heterocycles. The van der Waals surface area contributed by atoms with Crippen molar-refractivity contribution in [1.82, 2.24) is 0 Å². The molecule has 0 aromatic heterocycles. The molecule has 1 unspecified atom stereocenters. The summed E-state index contributed by atoms with van der Waals surface area (Å²) in [7, 11) is 0. The van der Waals surface area contributed by atoms with E-state index in [1.165, 1.54) is 5.57 Å². The molecule has 1 heteroatoms. The van der Waals surface area contributed by atoms with Crippen molar-refractivity contribution >= 4 is 0 Å². The molecular weight excluding hydrogens is 110 g/mol. The molecule has 0 saturated carbocycles. The van der Waals surface area contributed by atoms with E-state index in [0.29, 0.717) is 0 Å². The Labute approximate surface area is 55.6 Å². The minimum atomic E-state index is 0.197. The van der Waals surface area contributed by atoms with Crippen LogP contribution in [0.1, 0.15) is 6.42 Å². The fourth-order valence-electron chi connectivity index (χ4n) is 0.881. The second-order valence-corrected chi connectivity index (χ2v) is 2.20. The molecule has 1 atom stereocenters. The SMILES string of the molecule is C=CC1=CC=CC(N)C1. The van der Waals surface area contributed by atoms with Crippen molar-refractivity contribution in [3.63, 3.8) is 0 Å². The lowest BCUT2D eigenvalue weighted by atomic mass is 10.0. The van der Waals surface area contributed by atoms with Gasteiger partial charge in [0.1, 0.15) is 0 Å². The Kier molecular flexibility index (Phi) is 1.85. The van der Waals surface area contributed by atoms with Gasteiger partial charge in [-0.05, 0) is 12.0 Å². The average Bonchev–Trinajstić information content (AvgIpc) is 1.88. The summed E-state index contributed by atoms with van der Waals surface area (Å²) in [5, 5.41) is 0. The predicted molar refractivity (Wildman–Crippen MR) is 40.0 cm³/mol. The lowest BCUT2D eigenvalue weighted by molar-refractivity contribution is 0.804. The molecule has 0 aromatic carbocycles. The van der Waals surface area contributed by atoms with Crippen LogP contribution in [-0.2, 0) is 0 Å². The second kappa shape index (κ2) is 2.65. The van der Waals surface area contributed by atoms with E-state index in [1.807, 2.05) is 24.3 Å². The highest BCUT2D eigenvalue weighted by molar-refractivity contribution is 5.28. The molecule has 0 fully saturated rings. The predicted octanol–water partition coefficient (Wildman–Crippen LogP) is 1.39. The fourth-order valence-corrected chi connectivity index (χ4v) is 0.881. The smallest absolute Gasteiger partial charge is 0.0267 e. The van der Waals surface area contributed by atoms with Gasteiger partial charge in [-0.25, -0.2) is 0 Å². The Bertz CT molecular complexity index is 165. The summed E-state index contributed by atoms with van der Waals surface area (Å²) in [6.45, 7) is 3.66. The number of hydrogen-bond donors (Lipinski definition) is 1. The zero-order chi connectivity index (χ0) is 6.69. The van der Waals surface area contributed by atoms with E-state index >= 15 is 0 Å². The molecule has 0 aliphatic heterocycles. The molecule has 0 amide bonds. The highest BCUT2D eigenvalue weighted by Gasteiger charge is 2.01. The topological polar surface area (TPSA) is 26.0 Å². The molecule has 1 nitrogen and oxygen atoms in total. The van der Waals surface area contributed by atoms with E-state index in [2.05, 4.69) is 6.58 Å². The Morgan fingerprint density at radius 3 is 3.00 bits per heavy atom. The van der Waals surface area contributed by atoms with Crippen molar-refractivity contribution < 1.29 is 0 Å². The van der Waals surface area contributed by atoms with Crippen molar-refractivity contribution in [2.24, 2.45) is 5.73 Å². The van der Waals surface area contributed by atoms with Gasteiger partial charge in [-0.2, -0.15) is 0 Å². The molecule has 1 aliphatic carbocycles. The molecule has 0 radical (unpaired) electrons. The zero-order valence-corrected chi connectivity index (χ0v) is 5.38. The van der Waals surface area contributed by atoms with Crippen molar-refractivity contribution in [1.29, 1.82) is 0 Å². The Morgan fingerprint density at radius 1 is 1.78 bits per heavy atom. The summed E-state index contributed by atoms with van der Waals surface area (Å²) in [5.74, 6) is 0. The van der Waals surface area contributed by atoms with Gasteiger partial charge in [0, 0.05) is 6.04 Å². The summed E-state index contributed by atoms with van der Waals surface area (Å²) < 4.78 is 0. The Hall–Kier alpha value is -0.820. The Morgan fingerprint density at radius 2 is 2.56 bits per heavy atom. The van der Waals surface area contributed by atoms with E-state index in [4.69, 9.17) is 5.73 Å². The van der Waals surface area contributed by atoms with Crippen LogP contribution in [0.25, 0.3) is 0 Å². The van der Waals surface area contributed by atoms with Gasteiger partial charge >= 0.3 is 0 Å². The molecule has 1 aliphatic rings. The van der Waals surface area contributed by atoms with Gasteiger partial charge < -0.3 is 5.73 Å². The molecule has 48 valence electrons. The first-order valence-corrected chi connectivity index (χ1v) is 3.08. The van der Waals surface area contributed by atoms with Crippen LogP contribution >= 0.6 is 0 Å². The lowest BCUT2D eigenvalue weighted by Crippen LogP contribution is -2.18. The molecule has 9 heavy (non-hydrogen) atoms. The van der Waals surface area contributed by atoms with Crippen LogP contribution in [0.2, 0.25) is 0 Å². The van der Waals surface area contributed by atoms with Gasteiger partial charge in [0.05, 0.1) is 0 Å². The normalized spacial score (nSPS) is 25.4. The lowest BCUT2D eigenvalue weighted by Gasteiger charge is -2.09. The number of allylic oxidation sites excluding steroid dienone is 3. The quantitative estimate of drug-likeness (QED) is 0.557. The van der Waals surface area contributed by atoms with Gasteiger partial charge in [-0.3, -0.25) is 0 Å². The van der Waals surface area contributed by atoms with E-state index in [-0.39, 0.29) is 6.04 Å². The van der Waals surface area contributed by atoms with Crippen LogP contribution in [0.5, 0.6) is 0 Å². The summed E-state index contributed by atoms with van der Waals surface area (Å²) in [4.78, 5) is 0. The van der Waals surface area contributed by atoms with E-state index in [1.54, 1.807) is 0 Å². The summed E-state index contributed by atoms with van der Waals surface area (Å²) in [5.41, 5.74) is 6.85. The van der Waals surface area contributed by atoms with Crippen molar-refractivity contribution in [2.75, 3.05) is 0 Å². The van der Waals surface area contributed by atoms with Crippen LogP contribution in [0, 0.1) is 0 Å². The third-order valence-electron chi connectivity index (χ3n) is 1.40. The van der Waals surface area contributed by atoms with Crippen LogP contribution in [0.15, 0.2) is 36.5 Å². The summed E-state index contributed by atoms with van der Waals surface area (Å²) in [6, 6.07) is 0.197. The van der Waals surface area contributed by atoms with Gasteiger partial charge in [0.15, 0.2) is 0 Å². The standard InChI is InChI=1S/C8H11N/c1-2-7-4-3-5-8(9)6-7/h2-5,8H,1,6,9H2. The third-order valence-corrected chi connectivity index (χ3v) is 1.40. The van der Waals surface area contributed by atoms with E-state index in [0.717, 1.165) is 6.42 Å². The summed E-state index contributed by atoms with van der Waals surface area (Å²) in [6.07, 6.45) is 8.79. The third kappa shape index (κ3) is 1.54. The first-order chi connectivity index (χ1) is 4.33. The average molecular weight is 121 g/mol. The largest absolute Gasteiger partial charge is 0.324 e. The first kappa shape index (κ1) is 6.30. The fraction of sp³-hybridized carbons (Fsp3) is 0.250. The molecule has 0 heterocycles. The zero-order valence-electron chi connectivity index (χ0n) is 5.38. The minimum Gasteiger partial charge on any atom is -0.324 e. The first-order valence-electron chi connectivity index (χ1n) is 3.08. The second-order valence-electron chi connectivity index (χ2n) is 2.20. The number of nitrogens with two attached hydrogens (primary N) is 1. The van der Waals surface area contributed by atoms with E-state index < -0.39 is 0 Å². The molecule has 0 bridgehead atoms. The van der Waals surface area contributed by atoms with Gasteiger partial charge in [0.2, 0.25) is 0 Å². The highest BCUT2D eigenvalue weighted by atomic mass is 14.6. The van der Waals surface area contributed by atoms with Crippen LogP contribution in [0.3, 0.4) is 0 Å². The molecule has 0 spiro atoms. The highest BCUT2D eigenvalue weighted by Crippen LogP contribution is 2.10. The summed E-state index contributed by atoms with van der Waals surface area (Å²) >= 11 is 0. The maximum Gasteiger partial charge on any atom is 0.0267 e. The van der Waals surface area contributed by atoms with Gasteiger partial charge in [0.25, 0.3) is 0 Å². The van der Waals surface area contributed by atoms with E-state index in [9.17, 15) is 0 Å². The molecule has 2 N–H and O–H groups in total. The minimum absolute atomic E-state index is 0.197. The number of hydrogen-bond acceptors (Lipinski definition) is 1. The molecule has 1 rings (SSSR count). The molecular formula is C8H11N. The number of rotatable bonds is 1. The Balaban J connectivity index is 2.65. The maximum absolute atomic E-state index is 5.63. The maximum atomic E-state index is 5.63. The monoisotopic (exact) mass is 121 g/mol. The molecule has 0 aromatic rings. The van der Waals surface area contributed by atoms with Crippen molar-refractivity contribution in [3.05, 3.63) is 36.5 Å². The van der Waals surface area contributed by atoms with Crippen LogP contribution < -0.4 is 5.73 Å². The van der Waals surface area contributed by atoms with Gasteiger partial charge in [-0.1, -0.05) is 30.9 Å². The van der Waals surface area contributed by atoms with Crippen molar-refractivity contribution in [2.45, 2.75) is 12.5 Å². The van der Waals surface area contributed by atoms with Crippen molar-refractivity contribution in [3.8, 4) is 0 Å². The van der Waals surface area contributed by atoms with Crippen LogP contribution in [0.4, 0.5) is 0 Å². The van der Waals surface area contributed by atoms with Crippen LogP contribution in [-0.4, -0.2) is 6.04 Å².